The molecule has 0 aromatic heterocycles. The number of nitrogens with one attached hydrogen (secondary N) is 1. The molecule has 39 heavy (non-hydrogen) atoms. The van der Waals surface area contributed by atoms with Gasteiger partial charge in [0, 0.05) is 13.1 Å². The Balaban J connectivity index is 2.00. The van der Waals surface area contributed by atoms with Crippen LogP contribution in [-0.4, -0.2) is 44.3 Å². The summed E-state index contributed by atoms with van der Waals surface area (Å²) in [6.07, 6.45) is 2.17. The fraction of sp³-hybridized carbons (Fsp3) is 0.355. The van der Waals surface area contributed by atoms with Crippen molar-refractivity contribution in [3.05, 3.63) is 95.6 Å². The molecule has 3 aromatic carbocycles. The molecule has 0 saturated carbocycles. The molecule has 3 rings (SSSR count). The summed E-state index contributed by atoms with van der Waals surface area (Å²) in [5, 5.41) is 2.95. The van der Waals surface area contributed by atoms with Gasteiger partial charge in [-0.2, -0.15) is 0 Å². The van der Waals surface area contributed by atoms with Gasteiger partial charge in [0.15, 0.2) is 0 Å². The van der Waals surface area contributed by atoms with E-state index in [4.69, 9.17) is 0 Å². The number of amides is 2. The SMILES string of the molecule is CCCCNC(=O)C(CC)N(Cc1ccc(C)cc1)C(=O)CN(c1ccccc1)S(=O)(=O)c1ccc(C)cc1. The van der Waals surface area contributed by atoms with Gasteiger partial charge in [0.25, 0.3) is 10.0 Å². The number of para-hydroxylation sites is 1. The smallest absolute Gasteiger partial charge is 0.264 e. The lowest BCUT2D eigenvalue weighted by Crippen LogP contribution is -2.52. The Hall–Kier alpha value is -3.65. The Morgan fingerprint density at radius 3 is 2.00 bits per heavy atom. The van der Waals surface area contributed by atoms with Crippen molar-refractivity contribution in [3.8, 4) is 0 Å². The number of unbranched alkanes of at least 4 members (excludes halogenated alkanes) is 1. The quantitative estimate of drug-likeness (QED) is 0.296. The van der Waals surface area contributed by atoms with Crippen LogP contribution in [0.1, 0.15) is 49.8 Å². The minimum absolute atomic E-state index is 0.0965. The number of benzene rings is 3. The highest BCUT2D eigenvalue weighted by molar-refractivity contribution is 7.92. The first kappa shape index (κ1) is 29.9. The summed E-state index contributed by atoms with van der Waals surface area (Å²) in [6, 6.07) is 22.2. The number of hydrogen-bond acceptors (Lipinski definition) is 4. The lowest BCUT2D eigenvalue weighted by molar-refractivity contribution is -0.140. The molecule has 0 aliphatic heterocycles. The Morgan fingerprint density at radius 1 is 0.846 bits per heavy atom. The second-order valence-corrected chi connectivity index (χ2v) is 11.6. The van der Waals surface area contributed by atoms with E-state index in [1.807, 2.05) is 52.0 Å². The lowest BCUT2D eigenvalue weighted by Gasteiger charge is -2.33. The predicted octanol–water partition coefficient (Wildman–Crippen LogP) is 5.22. The van der Waals surface area contributed by atoms with Gasteiger partial charge in [0.2, 0.25) is 11.8 Å². The number of nitrogens with zero attached hydrogens (tertiary/aromatic N) is 2. The molecule has 0 spiro atoms. The van der Waals surface area contributed by atoms with Crippen molar-refractivity contribution in [1.82, 2.24) is 10.2 Å². The first-order chi connectivity index (χ1) is 18.7. The minimum Gasteiger partial charge on any atom is -0.354 e. The molecule has 208 valence electrons. The molecular weight excluding hydrogens is 510 g/mol. The van der Waals surface area contributed by atoms with Gasteiger partial charge in [-0.15, -0.1) is 0 Å². The number of carbonyl (C=O) groups is 2. The molecule has 0 aliphatic carbocycles. The Labute approximate surface area is 232 Å². The van der Waals surface area contributed by atoms with Gasteiger partial charge in [0.05, 0.1) is 10.6 Å². The number of hydrogen-bond donors (Lipinski definition) is 1. The van der Waals surface area contributed by atoms with Crippen LogP contribution >= 0.6 is 0 Å². The molecule has 8 heteroatoms. The fourth-order valence-electron chi connectivity index (χ4n) is 4.28. The summed E-state index contributed by atoms with van der Waals surface area (Å²) >= 11 is 0. The summed E-state index contributed by atoms with van der Waals surface area (Å²) in [7, 11) is -4.06. The van der Waals surface area contributed by atoms with Gasteiger partial charge in [-0.3, -0.25) is 13.9 Å². The topological polar surface area (TPSA) is 86.8 Å². The van der Waals surface area contributed by atoms with Gasteiger partial charge >= 0.3 is 0 Å². The van der Waals surface area contributed by atoms with Crippen LogP contribution in [0.25, 0.3) is 0 Å². The first-order valence-electron chi connectivity index (χ1n) is 13.4. The van der Waals surface area contributed by atoms with Crippen molar-refractivity contribution >= 4 is 27.5 Å². The van der Waals surface area contributed by atoms with E-state index in [0.29, 0.717) is 18.7 Å². The molecule has 2 amide bonds. The van der Waals surface area contributed by atoms with Gasteiger partial charge in [-0.1, -0.05) is 86.0 Å². The summed E-state index contributed by atoms with van der Waals surface area (Å²) in [5.41, 5.74) is 3.25. The van der Waals surface area contributed by atoms with E-state index in [2.05, 4.69) is 5.32 Å². The van der Waals surface area contributed by atoms with Crippen molar-refractivity contribution < 1.29 is 18.0 Å². The molecule has 0 aliphatic rings. The van der Waals surface area contributed by atoms with Crippen LogP contribution in [0.5, 0.6) is 0 Å². The van der Waals surface area contributed by atoms with Crippen molar-refractivity contribution in [2.75, 3.05) is 17.4 Å². The second kappa shape index (κ2) is 13.9. The molecule has 7 nitrogen and oxygen atoms in total. The third-order valence-electron chi connectivity index (χ3n) is 6.62. The van der Waals surface area contributed by atoms with Crippen molar-refractivity contribution in [2.45, 2.75) is 64.4 Å². The van der Waals surface area contributed by atoms with Crippen molar-refractivity contribution in [3.63, 3.8) is 0 Å². The summed E-state index contributed by atoms with van der Waals surface area (Å²) in [4.78, 5) is 28.8. The first-order valence-corrected chi connectivity index (χ1v) is 14.9. The van der Waals surface area contributed by atoms with Crippen LogP contribution < -0.4 is 9.62 Å². The third kappa shape index (κ3) is 7.93. The Kier molecular flexibility index (Phi) is 10.7. The highest BCUT2D eigenvalue weighted by Gasteiger charge is 2.33. The maximum atomic E-state index is 14.0. The highest BCUT2D eigenvalue weighted by atomic mass is 32.2. The summed E-state index contributed by atoms with van der Waals surface area (Å²) in [6.45, 7) is 8.04. The molecule has 1 unspecified atom stereocenters. The second-order valence-electron chi connectivity index (χ2n) is 9.74. The normalized spacial score (nSPS) is 12.0. The van der Waals surface area contributed by atoms with Crippen LogP contribution in [0.4, 0.5) is 5.69 Å². The fourth-order valence-corrected chi connectivity index (χ4v) is 5.69. The highest BCUT2D eigenvalue weighted by Crippen LogP contribution is 2.25. The van der Waals surface area contributed by atoms with Crippen molar-refractivity contribution in [1.29, 1.82) is 0 Å². The number of sulfonamides is 1. The summed E-state index contributed by atoms with van der Waals surface area (Å²) < 4.78 is 28.8. The van der Waals surface area contributed by atoms with Crippen LogP contribution in [0.3, 0.4) is 0 Å². The van der Waals surface area contributed by atoms with Crippen LogP contribution in [0.2, 0.25) is 0 Å². The molecule has 0 fully saturated rings. The molecule has 0 radical (unpaired) electrons. The number of anilines is 1. The van der Waals surface area contributed by atoms with Gasteiger partial charge in [-0.05, 0) is 56.5 Å². The van der Waals surface area contributed by atoms with E-state index < -0.39 is 28.5 Å². The molecule has 0 heterocycles. The van der Waals surface area contributed by atoms with Gasteiger partial charge < -0.3 is 10.2 Å². The molecule has 0 saturated heterocycles. The standard InChI is InChI=1S/C31H39N3O4S/c1-5-7-21-32-31(36)29(6-2)33(22-26-17-13-24(3)14-18-26)30(35)23-34(27-11-9-8-10-12-27)39(37,38)28-19-15-25(4)16-20-28/h8-20,29H,5-7,21-23H2,1-4H3,(H,32,36). The van der Waals surface area contributed by atoms with E-state index in [0.717, 1.165) is 33.8 Å². The third-order valence-corrected chi connectivity index (χ3v) is 8.41. The van der Waals surface area contributed by atoms with Crippen LogP contribution in [-0.2, 0) is 26.2 Å². The molecular formula is C31H39N3O4S. The van der Waals surface area contributed by atoms with E-state index in [1.165, 1.54) is 4.90 Å². The molecule has 0 bridgehead atoms. The van der Waals surface area contributed by atoms with E-state index in [-0.39, 0.29) is 17.3 Å². The largest absolute Gasteiger partial charge is 0.354 e. The predicted molar refractivity (Wildman–Crippen MR) is 156 cm³/mol. The average molecular weight is 550 g/mol. The lowest BCUT2D eigenvalue weighted by atomic mass is 10.1. The molecule has 3 aromatic rings. The average Bonchev–Trinajstić information content (AvgIpc) is 2.93. The van der Waals surface area contributed by atoms with Gasteiger partial charge in [-0.25, -0.2) is 8.42 Å². The Morgan fingerprint density at radius 2 is 1.44 bits per heavy atom. The zero-order valence-corrected chi connectivity index (χ0v) is 24.1. The van der Waals surface area contributed by atoms with Crippen LogP contribution in [0.15, 0.2) is 83.8 Å². The maximum Gasteiger partial charge on any atom is 0.264 e. The van der Waals surface area contributed by atoms with E-state index in [9.17, 15) is 18.0 Å². The number of carbonyl (C=O) groups excluding carboxylic acids is 2. The van der Waals surface area contributed by atoms with Crippen LogP contribution in [0, 0.1) is 13.8 Å². The van der Waals surface area contributed by atoms with Gasteiger partial charge in [0.1, 0.15) is 12.6 Å². The maximum absolute atomic E-state index is 14.0. The Bertz CT molecular complexity index is 1320. The van der Waals surface area contributed by atoms with E-state index >= 15 is 0 Å². The van der Waals surface area contributed by atoms with Crippen molar-refractivity contribution in [2.24, 2.45) is 0 Å². The molecule has 1 atom stereocenters. The molecule has 1 N–H and O–H groups in total. The monoisotopic (exact) mass is 549 g/mol. The summed E-state index contributed by atoms with van der Waals surface area (Å²) in [5.74, 6) is -0.688. The number of rotatable bonds is 13. The number of aryl methyl sites for hydroxylation is 2. The zero-order chi connectivity index (χ0) is 28.4. The van der Waals surface area contributed by atoms with E-state index in [1.54, 1.807) is 54.6 Å². The minimum atomic E-state index is -4.06. The zero-order valence-electron chi connectivity index (χ0n) is 23.3.